The molecule has 7 heteroatoms. The minimum absolute atomic E-state index is 0.790. The third-order valence-electron chi connectivity index (χ3n) is 0.836. The van der Waals surface area contributed by atoms with E-state index in [1.165, 1.54) is 22.6 Å². The van der Waals surface area contributed by atoms with Gasteiger partial charge in [0, 0.05) is 0 Å². The standard InChI is InChI=1S/C4H3Cl2F4I/c5-2(4(6,9)10)3(7,8)1-11/h2H,1H2. The molecular formula is C4H3Cl2F4I. The van der Waals surface area contributed by atoms with E-state index >= 15 is 0 Å². The molecule has 0 saturated heterocycles. The molecule has 1 unspecified atom stereocenters. The van der Waals surface area contributed by atoms with Crippen LogP contribution >= 0.6 is 45.8 Å². The molecule has 0 aliphatic carbocycles. The molecule has 0 nitrogen and oxygen atoms in total. The van der Waals surface area contributed by atoms with E-state index in [1.807, 2.05) is 0 Å². The normalized spacial score (nSPS) is 16.6. The molecule has 68 valence electrons. The monoisotopic (exact) mass is 324 g/mol. The first-order valence-electron chi connectivity index (χ1n) is 2.36. The zero-order valence-corrected chi connectivity index (χ0v) is 8.60. The zero-order chi connectivity index (χ0) is 9.28. The van der Waals surface area contributed by atoms with Crippen molar-refractivity contribution in [3.05, 3.63) is 0 Å². The van der Waals surface area contributed by atoms with Gasteiger partial charge in [-0.25, -0.2) is 8.78 Å². The molecule has 0 aliphatic rings. The van der Waals surface area contributed by atoms with Gasteiger partial charge in [0.25, 0.3) is 5.92 Å². The predicted octanol–water partition coefficient (Wildman–Crippen LogP) is 3.50. The molecule has 0 bridgehead atoms. The summed E-state index contributed by atoms with van der Waals surface area (Å²) < 4.78 is 47.8. The molecule has 0 aliphatic heterocycles. The number of halogens is 7. The van der Waals surface area contributed by atoms with Crippen molar-refractivity contribution < 1.29 is 17.6 Å². The van der Waals surface area contributed by atoms with Crippen LogP contribution in [0.15, 0.2) is 0 Å². The van der Waals surface area contributed by atoms with Crippen LogP contribution in [0.2, 0.25) is 0 Å². The van der Waals surface area contributed by atoms with Gasteiger partial charge in [-0.3, -0.25) is 0 Å². The van der Waals surface area contributed by atoms with Crippen LogP contribution in [-0.2, 0) is 0 Å². The SMILES string of the molecule is FC(F)(Cl)C(Cl)C(F)(F)CI. The van der Waals surface area contributed by atoms with Crippen molar-refractivity contribution in [1.82, 2.24) is 0 Å². The van der Waals surface area contributed by atoms with Crippen LogP contribution < -0.4 is 0 Å². The Morgan fingerprint density at radius 3 is 1.73 bits per heavy atom. The van der Waals surface area contributed by atoms with Gasteiger partial charge >= 0.3 is 5.38 Å². The van der Waals surface area contributed by atoms with E-state index in [2.05, 4.69) is 11.6 Å². The highest BCUT2D eigenvalue weighted by Gasteiger charge is 2.52. The highest BCUT2D eigenvalue weighted by atomic mass is 127. The number of hydrogen-bond donors (Lipinski definition) is 0. The Balaban J connectivity index is 4.35. The summed E-state index contributed by atoms with van der Waals surface area (Å²) in [7, 11) is 0. The molecule has 0 fully saturated rings. The lowest BCUT2D eigenvalue weighted by atomic mass is 10.3. The molecule has 0 radical (unpaired) electrons. The average Bonchev–Trinajstić information content (AvgIpc) is 1.84. The van der Waals surface area contributed by atoms with E-state index in [9.17, 15) is 17.6 Å². The van der Waals surface area contributed by atoms with Crippen LogP contribution in [0.1, 0.15) is 0 Å². The third-order valence-corrected chi connectivity index (χ3v) is 2.78. The Labute approximate surface area is 84.4 Å². The van der Waals surface area contributed by atoms with Crippen LogP contribution in [0.5, 0.6) is 0 Å². The third kappa shape index (κ3) is 3.50. The van der Waals surface area contributed by atoms with Crippen LogP contribution in [-0.4, -0.2) is 21.1 Å². The molecule has 0 aromatic carbocycles. The van der Waals surface area contributed by atoms with Crippen molar-refractivity contribution in [1.29, 1.82) is 0 Å². The maximum atomic E-state index is 12.3. The summed E-state index contributed by atoms with van der Waals surface area (Å²) in [5.74, 6) is -3.65. The second-order valence-corrected chi connectivity index (χ2v) is 3.50. The van der Waals surface area contributed by atoms with Gasteiger partial charge in [0.2, 0.25) is 0 Å². The summed E-state index contributed by atoms with van der Waals surface area (Å²) in [6.45, 7) is 0. The maximum Gasteiger partial charge on any atom is 0.343 e. The quantitative estimate of drug-likeness (QED) is 0.423. The van der Waals surface area contributed by atoms with Crippen LogP contribution in [0.3, 0.4) is 0 Å². The minimum Gasteiger partial charge on any atom is -0.204 e. The van der Waals surface area contributed by atoms with Crippen molar-refractivity contribution >= 4 is 45.8 Å². The fraction of sp³-hybridized carbons (Fsp3) is 1.00. The van der Waals surface area contributed by atoms with Gasteiger partial charge in [-0.1, -0.05) is 22.6 Å². The Morgan fingerprint density at radius 1 is 1.27 bits per heavy atom. The van der Waals surface area contributed by atoms with E-state index in [4.69, 9.17) is 11.6 Å². The van der Waals surface area contributed by atoms with Crippen molar-refractivity contribution in [2.24, 2.45) is 0 Å². The predicted molar refractivity (Wildman–Crippen MR) is 44.3 cm³/mol. The first-order valence-corrected chi connectivity index (χ1v) is 4.70. The lowest BCUT2D eigenvalue weighted by molar-refractivity contribution is -0.0451. The van der Waals surface area contributed by atoms with Crippen molar-refractivity contribution in [3.8, 4) is 0 Å². The molecule has 0 aromatic rings. The van der Waals surface area contributed by atoms with Gasteiger partial charge in [0.1, 0.15) is 0 Å². The summed E-state index contributed by atoms with van der Waals surface area (Å²) in [4.78, 5) is 0. The fourth-order valence-electron chi connectivity index (χ4n) is 0.307. The molecule has 0 amide bonds. The Morgan fingerprint density at radius 2 is 1.64 bits per heavy atom. The maximum absolute atomic E-state index is 12.3. The van der Waals surface area contributed by atoms with Gasteiger partial charge in [-0.05, 0) is 11.6 Å². The second kappa shape index (κ2) is 3.83. The highest BCUT2D eigenvalue weighted by molar-refractivity contribution is 14.1. The number of rotatable bonds is 3. The molecule has 0 N–H and O–H groups in total. The number of alkyl halides is 7. The Hall–Kier alpha value is 1.03. The molecule has 0 aromatic heterocycles. The van der Waals surface area contributed by atoms with Crippen molar-refractivity contribution in [3.63, 3.8) is 0 Å². The van der Waals surface area contributed by atoms with Gasteiger partial charge in [0.05, 0.1) is 4.43 Å². The van der Waals surface area contributed by atoms with Gasteiger partial charge in [-0.2, -0.15) is 8.78 Å². The first kappa shape index (κ1) is 12.0. The van der Waals surface area contributed by atoms with E-state index in [0.29, 0.717) is 0 Å². The summed E-state index contributed by atoms with van der Waals surface area (Å²) in [6, 6.07) is 0. The van der Waals surface area contributed by atoms with E-state index in [-0.39, 0.29) is 0 Å². The summed E-state index contributed by atoms with van der Waals surface area (Å²) in [6.07, 6.45) is 0. The van der Waals surface area contributed by atoms with Crippen molar-refractivity contribution in [2.75, 3.05) is 4.43 Å². The van der Waals surface area contributed by atoms with Crippen LogP contribution in [0.4, 0.5) is 17.6 Å². The summed E-state index contributed by atoms with van der Waals surface area (Å²) >= 11 is 10.3. The van der Waals surface area contributed by atoms with Gasteiger partial charge < -0.3 is 0 Å². The largest absolute Gasteiger partial charge is 0.343 e. The molecule has 0 heterocycles. The highest BCUT2D eigenvalue weighted by Crippen LogP contribution is 2.39. The molecule has 11 heavy (non-hydrogen) atoms. The smallest absolute Gasteiger partial charge is 0.204 e. The van der Waals surface area contributed by atoms with Crippen molar-refractivity contribution in [2.45, 2.75) is 16.7 Å². The minimum atomic E-state index is -4.07. The van der Waals surface area contributed by atoms with E-state index in [0.717, 1.165) is 0 Å². The topological polar surface area (TPSA) is 0 Å². The molecule has 0 rings (SSSR count). The van der Waals surface area contributed by atoms with Crippen LogP contribution in [0.25, 0.3) is 0 Å². The fourth-order valence-corrected chi connectivity index (χ4v) is 1.24. The molecule has 1 atom stereocenters. The zero-order valence-electron chi connectivity index (χ0n) is 4.93. The second-order valence-electron chi connectivity index (χ2n) is 1.80. The van der Waals surface area contributed by atoms with Gasteiger partial charge in [0.15, 0.2) is 5.38 Å². The van der Waals surface area contributed by atoms with E-state index < -0.39 is 21.1 Å². The summed E-state index contributed by atoms with van der Waals surface area (Å²) in [5, 5.41) is -6.73. The first-order chi connectivity index (χ1) is 4.72. The molecular weight excluding hydrogens is 322 g/mol. The lowest BCUT2D eigenvalue weighted by Crippen LogP contribution is -2.41. The Bertz CT molecular complexity index is 135. The lowest BCUT2D eigenvalue weighted by Gasteiger charge is -2.22. The van der Waals surface area contributed by atoms with Gasteiger partial charge in [-0.15, -0.1) is 11.6 Å². The molecule has 0 saturated carbocycles. The molecule has 0 spiro atoms. The van der Waals surface area contributed by atoms with Crippen LogP contribution in [0, 0.1) is 0 Å². The average molecular weight is 325 g/mol. The Kier molecular flexibility index (Phi) is 4.18. The summed E-state index contributed by atoms with van der Waals surface area (Å²) in [5.41, 5.74) is 0. The van der Waals surface area contributed by atoms with E-state index in [1.54, 1.807) is 0 Å². The number of hydrogen-bond acceptors (Lipinski definition) is 0.